The monoisotopic (exact) mass is 305 g/mol. The lowest BCUT2D eigenvalue weighted by molar-refractivity contribution is 0.116. The van der Waals surface area contributed by atoms with Gasteiger partial charge in [0.05, 0.1) is 11.4 Å². The van der Waals surface area contributed by atoms with Gasteiger partial charge >= 0.3 is 0 Å². The zero-order valence-electron chi connectivity index (χ0n) is 15.2. The predicted octanol–water partition coefficient (Wildman–Crippen LogP) is 5.02. The van der Waals surface area contributed by atoms with Gasteiger partial charge < -0.3 is 16.0 Å². The van der Waals surface area contributed by atoms with Gasteiger partial charge in [-0.2, -0.15) is 0 Å². The average Bonchev–Trinajstić information content (AvgIpc) is 2.71. The van der Waals surface area contributed by atoms with Crippen LogP contribution in [0.15, 0.2) is 6.20 Å². The van der Waals surface area contributed by atoms with Gasteiger partial charge in [-0.15, -0.1) is 0 Å². The summed E-state index contributed by atoms with van der Waals surface area (Å²) in [6, 6.07) is 0.417. The normalized spacial score (nSPS) is 24.8. The topological polar surface area (TPSA) is 57.0 Å². The minimum Gasteiger partial charge on any atom is -0.396 e. The molecule has 1 saturated carbocycles. The first kappa shape index (κ1) is 17.2. The third-order valence-electron chi connectivity index (χ3n) is 5.48. The molecule has 126 valence electrons. The number of nitrogens with zero attached hydrogens (tertiary/aromatic N) is 1. The number of nitrogens with two attached hydrogens (primary N) is 2. The zero-order valence-corrected chi connectivity index (χ0v) is 15.2. The molecule has 1 aliphatic carbocycles. The van der Waals surface area contributed by atoms with Crippen LogP contribution in [0.1, 0.15) is 78.5 Å². The van der Waals surface area contributed by atoms with Crippen molar-refractivity contribution in [1.29, 1.82) is 0 Å². The molecule has 2 unspecified atom stereocenters. The molecule has 1 aromatic heterocycles. The summed E-state index contributed by atoms with van der Waals surface area (Å²) < 4.78 is 2.26. The molecule has 4 N–H and O–H groups in total. The lowest BCUT2D eigenvalue weighted by atomic mass is 9.66. The molecule has 0 bridgehead atoms. The van der Waals surface area contributed by atoms with Crippen molar-refractivity contribution in [2.45, 2.75) is 79.2 Å². The van der Waals surface area contributed by atoms with Crippen LogP contribution < -0.4 is 11.5 Å². The van der Waals surface area contributed by atoms with Crippen LogP contribution in [0.5, 0.6) is 0 Å². The Morgan fingerprint density at radius 2 is 1.86 bits per heavy atom. The van der Waals surface area contributed by atoms with E-state index in [9.17, 15) is 0 Å². The Morgan fingerprint density at radius 3 is 2.45 bits per heavy atom. The van der Waals surface area contributed by atoms with Crippen molar-refractivity contribution in [3.8, 4) is 0 Å². The van der Waals surface area contributed by atoms with E-state index in [-0.39, 0.29) is 0 Å². The van der Waals surface area contributed by atoms with Crippen LogP contribution in [-0.2, 0) is 6.42 Å². The highest BCUT2D eigenvalue weighted by Crippen LogP contribution is 2.44. The standard InChI is InChI=1S/C19H35N3/c1-6-14-9-15(11-19(4,5)10-14)7-8-17-18(21)16(20)12-22(17)13(2)3/h12-15H,6-11,20-21H2,1-5H3. The van der Waals surface area contributed by atoms with Crippen molar-refractivity contribution >= 4 is 11.4 Å². The fourth-order valence-electron chi connectivity index (χ4n) is 4.48. The molecule has 0 radical (unpaired) electrons. The maximum absolute atomic E-state index is 6.22. The van der Waals surface area contributed by atoms with Crippen LogP contribution in [-0.4, -0.2) is 4.57 Å². The highest BCUT2D eigenvalue weighted by Gasteiger charge is 2.33. The number of hydrogen-bond donors (Lipinski definition) is 2. The van der Waals surface area contributed by atoms with E-state index in [1.807, 2.05) is 6.20 Å². The molecule has 1 heterocycles. The van der Waals surface area contributed by atoms with E-state index in [0.717, 1.165) is 29.6 Å². The van der Waals surface area contributed by atoms with Crippen LogP contribution in [0.3, 0.4) is 0 Å². The first-order valence-corrected chi connectivity index (χ1v) is 8.98. The van der Waals surface area contributed by atoms with Gasteiger partial charge in [-0.3, -0.25) is 0 Å². The second-order valence-electron chi connectivity index (χ2n) is 8.43. The summed E-state index contributed by atoms with van der Waals surface area (Å²) >= 11 is 0. The van der Waals surface area contributed by atoms with Crippen molar-refractivity contribution < 1.29 is 0 Å². The quantitative estimate of drug-likeness (QED) is 0.802. The molecule has 1 aromatic rings. The number of nitrogen functional groups attached to an aromatic ring is 2. The Bertz CT molecular complexity index is 499. The summed E-state index contributed by atoms with van der Waals surface area (Å²) in [7, 11) is 0. The van der Waals surface area contributed by atoms with Gasteiger partial charge in [0.15, 0.2) is 0 Å². The Kier molecular flexibility index (Phi) is 5.14. The summed E-state index contributed by atoms with van der Waals surface area (Å²) in [4.78, 5) is 0. The van der Waals surface area contributed by atoms with E-state index in [2.05, 4.69) is 39.2 Å². The van der Waals surface area contributed by atoms with Gasteiger partial charge in [-0.05, 0) is 63.2 Å². The molecule has 0 aliphatic heterocycles. The highest BCUT2D eigenvalue weighted by molar-refractivity contribution is 5.66. The van der Waals surface area contributed by atoms with Crippen molar-refractivity contribution in [3.63, 3.8) is 0 Å². The number of rotatable bonds is 5. The molecular weight excluding hydrogens is 270 g/mol. The summed E-state index contributed by atoms with van der Waals surface area (Å²) in [5, 5.41) is 0. The van der Waals surface area contributed by atoms with Crippen molar-refractivity contribution in [2.75, 3.05) is 11.5 Å². The first-order valence-electron chi connectivity index (χ1n) is 8.98. The fourth-order valence-corrected chi connectivity index (χ4v) is 4.48. The van der Waals surface area contributed by atoms with E-state index in [1.54, 1.807) is 0 Å². The lowest BCUT2D eigenvalue weighted by Crippen LogP contribution is -2.29. The minimum atomic E-state index is 0.417. The van der Waals surface area contributed by atoms with E-state index in [1.165, 1.54) is 37.8 Å². The fraction of sp³-hybridized carbons (Fsp3) is 0.789. The molecule has 1 fully saturated rings. The number of anilines is 2. The molecule has 2 rings (SSSR count). The van der Waals surface area contributed by atoms with Crippen molar-refractivity contribution in [3.05, 3.63) is 11.9 Å². The average molecular weight is 306 g/mol. The van der Waals surface area contributed by atoms with E-state index in [0.29, 0.717) is 11.5 Å². The largest absolute Gasteiger partial charge is 0.396 e. The Balaban J connectivity index is 2.06. The molecule has 3 heteroatoms. The van der Waals surface area contributed by atoms with Crippen molar-refractivity contribution in [2.24, 2.45) is 17.3 Å². The number of aromatic nitrogens is 1. The molecule has 3 nitrogen and oxygen atoms in total. The Hall–Kier alpha value is -1.12. The van der Waals surface area contributed by atoms with Gasteiger partial charge in [0.2, 0.25) is 0 Å². The second kappa shape index (κ2) is 6.55. The molecule has 1 aliphatic rings. The van der Waals surface area contributed by atoms with Crippen LogP contribution in [0, 0.1) is 17.3 Å². The van der Waals surface area contributed by atoms with E-state index >= 15 is 0 Å². The predicted molar refractivity (Wildman–Crippen MR) is 96.9 cm³/mol. The van der Waals surface area contributed by atoms with E-state index < -0.39 is 0 Å². The molecular formula is C19H35N3. The van der Waals surface area contributed by atoms with Gasteiger partial charge in [0.1, 0.15) is 0 Å². The van der Waals surface area contributed by atoms with Crippen molar-refractivity contribution in [1.82, 2.24) is 4.57 Å². The van der Waals surface area contributed by atoms with E-state index in [4.69, 9.17) is 11.5 Å². The third-order valence-corrected chi connectivity index (χ3v) is 5.48. The van der Waals surface area contributed by atoms with Crippen LogP contribution in [0.4, 0.5) is 11.4 Å². The van der Waals surface area contributed by atoms with Gasteiger partial charge in [0, 0.05) is 17.9 Å². The van der Waals surface area contributed by atoms with Crippen LogP contribution >= 0.6 is 0 Å². The molecule has 0 spiro atoms. The SMILES string of the molecule is CCC1CC(CCc2c(N)c(N)cn2C(C)C)CC(C)(C)C1. The highest BCUT2D eigenvalue weighted by atomic mass is 15.0. The summed E-state index contributed by atoms with van der Waals surface area (Å²) in [6.45, 7) is 11.6. The Labute approximate surface area is 136 Å². The zero-order chi connectivity index (χ0) is 16.5. The molecule has 0 aromatic carbocycles. The Morgan fingerprint density at radius 1 is 1.23 bits per heavy atom. The van der Waals surface area contributed by atoms with Crippen LogP contribution in [0.25, 0.3) is 0 Å². The van der Waals surface area contributed by atoms with Gasteiger partial charge in [0.25, 0.3) is 0 Å². The summed E-state index contributed by atoms with van der Waals surface area (Å²) in [6.07, 6.45) is 9.74. The van der Waals surface area contributed by atoms with Gasteiger partial charge in [-0.25, -0.2) is 0 Å². The number of hydrogen-bond acceptors (Lipinski definition) is 2. The molecule has 22 heavy (non-hydrogen) atoms. The second-order valence-corrected chi connectivity index (χ2v) is 8.43. The first-order chi connectivity index (χ1) is 10.2. The maximum Gasteiger partial charge on any atom is 0.0761 e. The molecule has 0 amide bonds. The van der Waals surface area contributed by atoms with Crippen LogP contribution in [0.2, 0.25) is 0 Å². The van der Waals surface area contributed by atoms with Gasteiger partial charge in [-0.1, -0.05) is 27.2 Å². The molecule has 2 atom stereocenters. The third kappa shape index (κ3) is 3.80. The minimum absolute atomic E-state index is 0.417. The smallest absolute Gasteiger partial charge is 0.0761 e. The summed E-state index contributed by atoms with van der Waals surface area (Å²) in [5.74, 6) is 1.72. The lowest BCUT2D eigenvalue weighted by Gasteiger charge is -2.40. The summed E-state index contributed by atoms with van der Waals surface area (Å²) in [5.41, 5.74) is 15.5. The maximum atomic E-state index is 6.22. The molecule has 0 saturated heterocycles.